The Bertz CT molecular complexity index is 694. The Labute approximate surface area is 160 Å². The van der Waals surface area contributed by atoms with E-state index in [0.29, 0.717) is 44.7 Å². The molecule has 0 radical (unpaired) electrons. The minimum Gasteiger partial charge on any atom is -0.353 e. The van der Waals surface area contributed by atoms with E-state index in [9.17, 15) is 14.4 Å². The van der Waals surface area contributed by atoms with Crippen LogP contribution in [0.3, 0.4) is 0 Å². The Kier molecular flexibility index (Phi) is 6.11. The summed E-state index contributed by atoms with van der Waals surface area (Å²) in [7, 11) is 0. The third kappa shape index (κ3) is 4.86. The van der Waals surface area contributed by atoms with Gasteiger partial charge in [0.15, 0.2) is 0 Å². The van der Waals surface area contributed by atoms with Gasteiger partial charge in [0.05, 0.1) is 6.54 Å². The first-order valence-corrected chi connectivity index (χ1v) is 9.65. The molecule has 2 aliphatic rings. The average molecular weight is 372 g/mol. The molecule has 2 aliphatic heterocycles. The Morgan fingerprint density at radius 3 is 2.26 bits per heavy atom. The van der Waals surface area contributed by atoms with Gasteiger partial charge in [-0.3, -0.25) is 19.3 Å². The van der Waals surface area contributed by atoms with Crippen LogP contribution in [0.4, 0.5) is 5.69 Å². The van der Waals surface area contributed by atoms with Crippen molar-refractivity contribution in [2.45, 2.75) is 32.7 Å². The fraction of sp³-hybridized carbons (Fsp3) is 0.550. The van der Waals surface area contributed by atoms with Crippen LogP contribution in [-0.2, 0) is 9.59 Å². The molecule has 1 aromatic carbocycles. The largest absolute Gasteiger partial charge is 0.353 e. The van der Waals surface area contributed by atoms with Gasteiger partial charge in [0.1, 0.15) is 0 Å². The van der Waals surface area contributed by atoms with Crippen LogP contribution in [0.25, 0.3) is 0 Å². The van der Waals surface area contributed by atoms with E-state index in [4.69, 9.17) is 0 Å². The highest BCUT2D eigenvalue weighted by atomic mass is 16.2. The van der Waals surface area contributed by atoms with E-state index in [1.165, 1.54) is 0 Å². The minimum absolute atomic E-state index is 0.000537. The molecule has 27 heavy (non-hydrogen) atoms. The molecule has 7 nitrogen and oxygen atoms in total. The molecule has 3 rings (SSSR count). The van der Waals surface area contributed by atoms with Gasteiger partial charge in [-0.1, -0.05) is 0 Å². The molecule has 0 aliphatic carbocycles. The van der Waals surface area contributed by atoms with E-state index < -0.39 is 0 Å². The summed E-state index contributed by atoms with van der Waals surface area (Å²) in [6, 6.07) is 7.43. The van der Waals surface area contributed by atoms with Crippen LogP contribution in [0.2, 0.25) is 0 Å². The highest BCUT2D eigenvalue weighted by Gasteiger charge is 2.25. The first-order valence-electron chi connectivity index (χ1n) is 9.65. The number of anilines is 1. The molecule has 3 amide bonds. The molecule has 1 aromatic rings. The fourth-order valence-electron chi connectivity index (χ4n) is 3.57. The smallest absolute Gasteiger partial charge is 0.253 e. The van der Waals surface area contributed by atoms with E-state index in [0.717, 1.165) is 18.7 Å². The number of rotatable bonds is 5. The van der Waals surface area contributed by atoms with Crippen LogP contribution in [0.15, 0.2) is 24.3 Å². The molecule has 0 bridgehead atoms. The van der Waals surface area contributed by atoms with Gasteiger partial charge in [0.2, 0.25) is 11.8 Å². The van der Waals surface area contributed by atoms with Gasteiger partial charge in [-0.15, -0.1) is 0 Å². The van der Waals surface area contributed by atoms with E-state index in [1.807, 2.05) is 30.9 Å². The number of nitrogens with zero attached hydrogens (tertiary/aromatic N) is 3. The lowest BCUT2D eigenvalue weighted by atomic mass is 10.1. The lowest BCUT2D eigenvalue weighted by Crippen LogP contribution is -2.51. The van der Waals surface area contributed by atoms with Gasteiger partial charge >= 0.3 is 0 Å². The van der Waals surface area contributed by atoms with Gasteiger partial charge in [-0.2, -0.15) is 0 Å². The van der Waals surface area contributed by atoms with Gasteiger partial charge in [0.25, 0.3) is 5.91 Å². The molecule has 0 unspecified atom stereocenters. The summed E-state index contributed by atoms with van der Waals surface area (Å²) < 4.78 is 0. The Morgan fingerprint density at radius 2 is 1.70 bits per heavy atom. The SMILES string of the molecule is CC(C)NC(=O)CN1CCN(C(=O)c2ccc(N3CCCC3=O)cc2)CC1. The molecule has 2 heterocycles. The maximum absolute atomic E-state index is 12.7. The van der Waals surface area contributed by atoms with Crippen molar-refractivity contribution >= 4 is 23.4 Å². The summed E-state index contributed by atoms with van der Waals surface area (Å²) >= 11 is 0. The topological polar surface area (TPSA) is 73.0 Å². The van der Waals surface area contributed by atoms with E-state index in [2.05, 4.69) is 10.2 Å². The fourth-order valence-corrected chi connectivity index (χ4v) is 3.57. The van der Waals surface area contributed by atoms with Crippen LogP contribution in [0.5, 0.6) is 0 Å². The highest BCUT2D eigenvalue weighted by Crippen LogP contribution is 2.22. The van der Waals surface area contributed by atoms with Crippen LogP contribution in [-0.4, -0.2) is 72.8 Å². The van der Waals surface area contributed by atoms with Crippen molar-refractivity contribution in [2.75, 3.05) is 44.2 Å². The molecule has 7 heteroatoms. The first-order chi connectivity index (χ1) is 12.9. The van der Waals surface area contributed by atoms with Crippen LogP contribution < -0.4 is 10.2 Å². The monoisotopic (exact) mass is 372 g/mol. The number of hydrogen-bond acceptors (Lipinski definition) is 4. The van der Waals surface area contributed by atoms with Crippen LogP contribution >= 0.6 is 0 Å². The molecule has 0 aromatic heterocycles. The van der Waals surface area contributed by atoms with Gasteiger partial charge in [0, 0.05) is 56.4 Å². The third-order valence-corrected chi connectivity index (χ3v) is 4.98. The molecule has 0 atom stereocenters. The second-order valence-corrected chi connectivity index (χ2v) is 7.49. The van der Waals surface area contributed by atoms with Crippen molar-refractivity contribution < 1.29 is 14.4 Å². The summed E-state index contributed by atoms with van der Waals surface area (Å²) in [5, 5.41) is 2.89. The summed E-state index contributed by atoms with van der Waals surface area (Å²) in [5.41, 5.74) is 1.49. The van der Waals surface area contributed by atoms with Gasteiger partial charge in [-0.05, 0) is 44.5 Å². The van der Waals surface area contributed by atoms with E-state index in [-0.39, 0.29) is 23.8 Å². The number of carbonyl (C=O) groups is 3. The second kappa shape index (κ2) is 8.52. The quantitative estimate of drug-likeness (QED) is 0.840. The van der Waals surface area contributed by atoms with Crippen molar-refractivity contribution in [1.82, 2.24) is 15.1 Å². The maximum Gasteiger partial charge on any atom is 0.253 e. The Morgan fingerprint density at radius 1 is 1.04 bits per heavy atom. The number of piperazine rings is 1. The summed E-state index contributed by atoms with van der Waals surface area (Å²) in [4.78, 5) is 42.1. The molecule has 2 fully saturated rings. The highest BCUT2D eigenvalue weighted by molar-refractivity contribution is 5.97. The van der Waals surface area contributed by atoms with Crippen LogP contribution in [0.1, 0.15) is 37.0 Å². The van der Waals surface area contributed by atoms with Crippen LogP contribution in [0, 0.1) is 0 Å². The average Bonchev–Trinajstić information content (AvgIpc) is 3.07. The molecule has 146 valence electrons. The number of benzene rings is 1. The lowest BCUT2D eigenvalue weighted by Gasteiger charge is -2.34. The number of carbonyl (C=O) groups excluding carboxylic acids is 3. The zero-order valence-corrected chi connectivity index (χ0v) is 16.1. The predicted molar refractivity (Wildman–Crippen MR) is 104 cm³/mol. The van der Waals surface area contributed by atoms with Crippen molar-refractivity contribution in [3.63, 3.8) is 0 Å². The second-order valence-electron chi connectivity index (χ2n) is 7.49. The number of hydrogen-bond donors (Lipinski definition) is 1. The predicted octanol–water partition coefficient (Wildman–Crippen LogP) is 1.10. The van der Waals surface area contributed by atoms with E-state index in [1.54, 1.807) is 17.0 Å². The van der Waals surface area contributed by atoms with E-state index >= 15 is 0 Å². The summed E-state index contributed by atoms with van der Waals surface area (Å²) in [6.45, 7) is 7.62. The third-order valence-electron chi connectivity index (χ3n) is 4.98. The summed E-state index contributed by atoms with van der Waals surface area (Å²) in [5.74, 6) is 0.170. The first kappa shape index (κ1) is 19.4. The van der Waals surface area contributed by atoms with Crippen molar-refractivity contribution in [2.24, 2.45) is 0 Å². The molecular weight excluding hydrogens is 344 g/mol. The minimum atomic E-state index is 0.000537. The molecule has 1 N–H and O–H groups in total. The zero-order chi connectivity index (χ0) is 19.4. The van der Waals surface area contributed by atoms with Crippen molar-refractivity contribution in [3.05, 3.63) is 29.8 Å². The molecule has 0 spiro atoms. The molecule has 2 saturated heterocycles. The Balaban J connectivity index is 1.52. The zero-order valence-electron chi connectivity index (χ0n) is 16.1. The maximum atomic E-state index is 12.7. The lowest BCUT2D eigenvalue weighted by molar-refractivity contribution is -0.123. The van der Waals surface area contributed by atoms with Gasteiger partial charge < -0.3 is 15.1 Å². The standard InChI is InChI=1S/C20H28N4O3/c1-15(2)21-18(25)14-22-10-12-23(13-11-22)20(27)16-5-7-17(8-6-16)24-9-3-4-19(24)26/h5-8,15H,3-4,9-14H2,1-2H3,(H,21,25). The normalized spacial score (nSPS) is 18.3. The van der Waals surface area contributed by atoms with Crippen molar-refractivity contribution in [1.29, 1.82) is 0 Å². The molecular formula is C20H28N4O3. The Hall–Kier alpha value is -2.41. The van der Waals surface area contributed by atoms with Crippen molar-refractivity contribution in [3.8, 4) is 0 Å². The summed E-state index contributed by atoms with van der Waals surface area (Å²) in [6.07, 6.45) is 1.49. The number of nitrogens with one attached hydrogen (secondary N) is 1. The molecule has 0 saturated carbocycles. The number of amides is 3. The van der Waals surface area contributed by atoms with Gasteiger partial charge in [-0.25, -0.2) is 0 Å².